The highest BCUT2D eigenvalue weighted by Gasteiger charge is 2.28. The summed E-state index contributed by atoms with van der Waals surface area (Å²) >= 11 is 0. The van der Waals surface area contributed by atoms with E-state index in [1.165, 1.54) is 12.3 Å². The molecular weight excluding hydrogens is 346 g/mol. The minimum Gasteiger partial charge on any atom is -0.468 e. The van der Waals surface area contributed by atoms with Crippen LogP contribution in [0.1, 0.15) is 12.0 Å². The molecule has 0 radical (unpaired) electrons. The second-order valence-corrected chi connectivity index (χ2v) is 4.04. The summed E-state index contributed by atoms with van der Waals surface area (Å²) < 4.78 is 40.5. The van der Waals surface area contributed by atoms with E-state index in [9.17, 15) is 18.0 Å². The first-order valence-corrected chi connectivity index (χ1v) is 5.96. The number of carbonyl (C=O) groups is 1. The molecule has 0 aliphatic rings. The maximum Gasteiger partial charge on any atom is 0.422 e. The van der Waals surface area contributed by atoms with Crippen molar-refractivity contribution in [3.63, 3.8) is 0 Å². The van der Waals surface area contributed by atoms with Gasteiger partial charge in [-0.25, -0.2) is 4.98 Å². The molecule has 0 unspecified atom stereocenters. The summed E-state index contributed by atoms with van der Waals surface area (Å²) in [4.78, 5) is 15.0. The molecule has 0 saturated heterocycles. The van der Waals surface area contributed by atoms with Crippen molar-refractivity contribution in [3.05, 3.63) is 23.9 Å². The van der Waals surface area contributed by atoms with Crippen LogP contribution in [0, 0.1) is 0 Å². The molecule has 2 N–H and O–H groups in total. The third-order valence-electron chi connectivity index (χ3n) is 2.27. The van der Waals surface area contributed by atoms with Crippen LogP contribution in [0.5, 0.6) is 5.88 Å². The summed E-state index contributed by atoms with van der Waals surface area (Å²) in [5, 5.41) is 5.49. The van der Waals surface area contributed by atoms with Crippen LogP contribution in [0.25, 0.3) is 0 Å². The average Bonchev–Trinajstić information content (AvgIpc) is 2.40. The van der Waals surface area contributed by atoms with Crippen LogP contribution < -0.4 is 15.4 Å². The van der Waals surface area contributed by atoms with Crippen LogP contribution in [0.3, 0.4) is 0 Å². The number of nitrogens with one attached hydrogen (secondary N) is 2. The van der Waals surface area contributed by atoms with Crippen molar-refractivity contribution in [2.45, 2.75) is 19.1 Å². The van der Waals surface area contributed by atoms with Crippen molar-refractivity contribution in [3.8, 4) is 5.88 Å². The third-order valence-corrected chi connectivity index (χ3v) is 2.27. The fourth-order valence-electron chi connectivity index (χ4n) is 1.32. The summed E-state index contributed by atoms with van der Waals surface area (Å²) in [5.74, 6) is -0.266. The second-order valence-electron chi connectivity index (χ2n) is 4.04. The maximum absolute atomic E-state index is 12.0. The monoisotopic (exact) mass is 363 g/mol. The van der Waals surface area contributed by atoms with E-state index in [1.807, 2.05) is 0 Å². The molecule has 0 saturated carbocycles. The Balaban J connectivity index is 0. The zero-order valence-corrected chi connectivity index (χ0v) is 13.4. The Hall–Kier alpha value is -1.25. The van der Waals surface area contributed by atoms with E-state index in [0.717, 1.165) is 0 Å². The maximum atomic E-state index is 12.0. The first-order valence-electron chi connectivity index (χ1n) is 5.96. The number of nitrogens with zero attached hydrogens (tertiary/aromatic N) is 1. The van der Waals surface area contributed by atoms with Gasteiger partial charge in [0.25, 0.3) is 0 Å². The molecule has 1 amide bonds. The summed E-state index contributed by atoms with van der Waals surface area (Å²) in [7, 11) is 1.74. The summed E-state index contributed by atoms with van der Waals surface area (Å²) in [6, 6.07) is 2.96. The van der Waals surface area contributed by atoms with Crippen LogP contribution in [-0.4, -0.2) is 37.3 Å². The zero-order valence-electron chi connectivity index (χ0n) is 11.8. The quantitative estimate of drug-likeness (QED) is 0.778. The van der Waals surface area contributed by atoms with Crippen molar-refractivity contribution < 1.29 is 22.7 Å². The fraction of sp³-hybridized carbons (Fsp3) is 0.500. The number of aromatic nitrogens is 1. The van der Waals surface area contributed by atoms with Gasteiger partial charge in [0.1, 0.15) is 0 Å². The van der Waals surface area contributed by atoms with Gasteiger partial charge in [0.15, 0.2) is 6.61 Å². The Bertz CT molecular complexity index is 448. The van der Waals surface area contributed by atoms with Gasteiger partial charge in [-0.2, -0.15) is 13.2 Å². The van der Waals surface area contributed by atoms with Gasteiger partial charge in [-0.05, 0) is 18.7 Å². The Morgan fingerprint density at radius 3 is 2.64 bits per heavy atom. The van der Waals surface area contributed by atoms with Crippen LogP contribution in [-0.2, 0) is 11.3 Å². The zero-order chi connectivity index (χ0) is 15.0. The Kier molecular flexibility index (Phi) is 11.9. The van der Waals surface area contributed by atoms with E-state index in [1.54, 1.807) is 13.1 Å². The van der Waals surface area contributed by atoms with E-state index < -0.39 is 12.8 Å². The van der Waals surface area contributed by atoms with E-state index in [-0.39, 0.29) is 43.1 Å². The molecular formula is C12H18Cl2F3N3O2. The third kappa shape index (κ3) is 10.5. The highest BCUT2D eigenvalue weighted by Crippen LogP contribution is 2.17. The van der Waals surface area contributed by atoms with E-state index in [2.05, 4.69) is 20.4 Å². The van der Waals surface area contributed by atoms with E-state index in [4.69, 9.17) is 0 Å². The number of amides is 1. The molecule has 0 fully saturated rings. The van der Waals surface area contributed by atoms with Crippen molar-refractivity contribution >= 4 is 30.7 Å². The molecule has 0 bridgehead atoms. The molecule has 0 atom stereocenters. The van der Waals surface area contributed by atoms with Crippen molar-refractivity contribution in [1.29, 1.82) is 0 Å². The van der Waals surface area contributed by atoms with Gasteiger partial charge in [0.05, 0.1) is 0 Å². The summed E-state index contributed by atoms with van der Waals surface area (Å²) in [6.07, 6.45) is -2.74. The molecule has 0 aromatic carbocycles. The lowest BCUT2D eigenvalue weighted by molar-refractivity contribution is -0.154. The van der Waals surface area contributed by atoms with Crippen molar-refractivity contribution in [1.82, 2.24) is 15.6 Å². The number of hydrogen-bond donors (Lipinski definition) is 2. The molecule has 10 heteroatoms. The largest absolute Gasteiger partial charge is 0.468 e. The van der Waals surface area contributed by atoms with E-state index >= 15 is 0 Å². The lowest BCUT2D eigenvalue weighted by atomic mass is 10.2. The lowest BCUT2D eigenvalue weighted by Gasteiger charge is -2.09. The number of ether oxygens (including phenoxy) is 1. The first kappa shape index (κ1) is 23.0. The summed E-state index contributed by atoms with van der Waals surface area (Å²) in [5.41, 5.74) is 0.620. The van der Waals surface area contributed by atoms with Crippen LogP contribution >= 0.6 is 24.8 Å². The van der Waals surface area contributed by atoms with Gasteiger partial charge in [-0.1, -0.05) is 0 Å². The molecule has 22 heavy (non-hydrogen) atoms. The van der Waals surface area contributed by atoms with Crippen LogP contribution in [0.15, 0.2) is 18.3 Å². The SMILES string of the molecule is CNCCC(=O)NCc1ccnc(OCC(F)(F)F)c1.Cl.Cl. The van der Waals surface area contributed by atoms with Gasteiger partial charge in [-0.15, -0.1) is 24.8 Å². The molecule has 0 aliphatic heterocycles. The standard InChI is InChI=1S/C12H16F3N3O2.2ClH/c1-16-4-3-10(19)18-7-9-2-5-17-11(6-9)20-8-12(13,14)15;;/h2,5-6,16H,3-4,7-8H2,1H3,(H,18,19);2*1H. The Morgan fingerprint density at radius 1 is 1.36 bits per heavy atom. The smallest absolute Gasteiger partial charge is 0.422 e. The normalized spacial score (nSPS) is 10.2. The summed E-state index contributed by atoms with van der Waals surface area (Å²) in [6.45, 7) is -0.618. The molecule has 128 valence electrons. The number of pyridine rings is 1. The van der Waals surface area contributed by atoms with Gasteiger partial charge in [0, 0.05) is 31.8 Å². The fourth-order valence-corrected chi connectivity index (χ4v) is 1.32. The minimum atomic E-state index is -4.40. The molecule has 1 aromatic heterocycles. The van der Waals surface area contributed by atoms with Gasteiger partial charge in [0.2, 0.25) is 11.8 Å². The highest BCUT2D eigenvalue weighted by molar-refractivity contribution is 5.85. The number of halogens is 5. The topological polar surface area (TPSA) is 63.2 Å². The van der Waals surface area contributed by atoms with E-state index in [0.29, 0.717) is 18.5 Å². The number of carbonyl (C=O) groups excluding carboxylic acids is 1. The average molecular weight is 364 g/mol. The van der Waals surface area contributed by atoms with Crippen molar-refractivity contribution in [2.75, 3.05) is 20.2 Å². The van der Waals surface area contributed by atoms with Gasteiger partial charge in [-0.3, -0.25) is 4.79 Å². The number of rotatable bonds is 7. The minimum absolute atomic E-state index is 0. The number of hydrogen-bond acceptors (Lipinski definition) is 4. The predicted octanol–water partition coefficient (Wildman–Crippen LogP) is 2.09. The Morgan fingerprint density at radius 2 is 2.05 bits per heavy atom. The van der Waals surface area contributed by atoms with Gasteiger partial charge < -0.3 is 15.4 Å². The molecule has 5 nitrogen and oxygen atoms in total. The first-order chi connectivity index (χ1) is 9.40. The van der Waals surface area contributed by atoms with Crippen LogP contribution in [0.4, 0.5) is 13.2 Å². The van der Waals surface area contributed by atoms with Crippen molar-refractivity contribution in [2.24, 2.45) is 0 Å². The lowest BCUT2D eigenvalue weighted by Crippen LogP contribution is -2.26. The molecule has 0 aliphatic carbocycles. The van der Waals surface area contributed by atoms with Crippen LogP contribution in [0.2, 0.25) is 0 Å². The number of alkyl halides is 3. The molecule has 1 rings (SSSR count). The molecule has 1 aromatic rings. The second kappa shape index (κ2) is 11.3. The molecule has 1 heterocycles. The van der Waals surface area contributed by atoms with Gasteiger partial charge >= 0.3 is 6.18 Å². The Labute approximate surface area is 138 Å². The molecule has 0 spiro atoms. The predicted molar refractivity (Wildman–Crippen MR) is 80.7 cm³/mol. The highest BCUT2D eigenvalue weighted by atomic mass is 35.5.